The van der Waals surface area contributed by atoms with E-state index in [0.29, 0.717) is 12.3 Å². The zero-order valence-corrected chi connectivity index (χ0v) is 18.4. The average molecular weight is 428 g/mol. The lowest BCUT2D eigenvalue weighted by molar-refractivity contribution is -0.135. The lowest BCUT2D eigenvalue weighted by Gasteiger charge is -2.38. The van der Waals surface area contributed by atoms with Crippen LogP contribution in [0.2, 0.25) is 0 Å². The van der Waals surface area contributed by atoms with Crippen molar-refractivity contribution in [1.29, 1.82) is 0 Å². The Morgan fingerprint density at radius 2 is 2.03 bits per heavy atom. The van der Waals surface area contributed by atoms with E-state index in [9.17, 15) is 4.79 Å². The van der Waals surface area contributed by atoms with Crippen molar-refractivity contribution in [3.05, 3.63) is 72.7 Å². The molecule has 32 heavy (non-hydrogen) atoms. The number of aryl methyl sites for hydroxylation is 1. The van der Waals surface area contributed by atoms with Crippen LogP contribution in [0.1, 0.15) is 31.7 Å². The number of piperidine rings is 1. The highest BCUT2D eigenvalue weighted by molar-refractivity contribution is 5.79. The molecule has 2 unspecified atom stereocenters. The van der Waals surface area contributed by atoms with Crippen LogP contribution in [0.3, 0.4) is 0 Å². The van der Waals surface area contributed by atoms with E-state index in [-0.39, 0.29) is 11.9 Å². The van der Waals surface area contributed by atoms with Crippen LogP contribution >= 0.6 is 0 Å². The van der Waals surface area contributed by atoms with E-state index in [2.05, 4.69) is 63.1 Å². The van der Waals surface area contributed by atoms with Gasteiger partial charge in [0.2, 0.25) is 5.91 Å². The van der Waals surface area contributed by atoms with Gasteiger partial charge in [0.05, 0.1) is 22.9 Å². The first-order valence-electron chi connectivity index (χ1n) is 11.5. The molecule has 6 heteroatoms. The smallest absolute Gasteiger partial charge is 0.223 e. The molecule has 1 aliphatic rings. The Morgan fingerprint density at radius 3 is 2.81 bits per heavy atom. The quantitative estimate of drug-likeness (QED) is 0.486. The summed E-state index contributed by atoms with van der Waals surface area (Å²) < 4.78 is 2.31. The van der Waals surface area contributed by atoms with Gasteiger partial charge >= 0.3 is 0 Å². The molecule has 3 aromatic heterocycles. The molecule has 6 nitrogen and oxygen atoms in total. The summed E-state index contributed by atoms with van der Waals surface area (Å²) in [6.45, 7) is 4.01. The molecule has 1 N–H and O–H groups in total. The first-order chi connectivity index (χ1) is 15.7. The number of H-pyrrole nitrogens is 1. The van der Waals surface area contributed by atoms with Gasteiger partial charge in [0.15, 0.2) is 0 Å². The van der Waals surface area contributed by atoms with E-state index in [4.69, 9.17) is 4.98 Å². The number of hydrogen-bond acceptors (Lipinski definition) is 3. The number of benzene rings is 1. The highest BCUT2D eigenvalue weighted by Crippen LogP contribution is 2.27. The second kappa shape index (κ2) is 8.99. The van der Waals surface area contributed by atoms with Crippen molar-refractivity contribution < 1.29 is 4.79 Å². The van der Waals surface area contributed by atoms with Crippen LogP contribution in [0.15, 0.2) is 67.1 Å². The van der Waals surface area contributed by atoms with Gasteiger partial charge in [0, 0.05) is 43.5 Å². The third-order valence-electron chi connectivity index (χ3n) is 6.65. The number of likely N-dealkylation sites (tertiary alicyclic amines) is 1. The monoisotopic (exact) mass is 427 g/mol. The van der Waals surface area contributed by atoms with E-state index in [1.165, 1.54) is 5.56 Å². The van der Waals surface area contributed by atoms with E-state index >= 15 is 0 Å². The maximum Gasteiger partial charge on any atom is 0.223 e. The zero-order chi connectivity index (χ0) is 21.9. The normalized spacial score (nSPS) is 18.8. The number of amides is 1. The van der Waals surface area contributed by atoms with Crippen LogP contribution in [0.5, 0.6) is 0 Å². The molecule has 0 spiro atoms. The molecule has 1 fully saturated rings. The maximum atomic E-state index is 12.8. The van der Waals surface area contributed by atoms with Gasteiger partial charge in [-0.25, -0.2) is 4.98 Å². The van der Waals surface area contributed by atoms with Crippen LogP contribution in [0, 0.1) is 5.92 Å². The van der Waals surface area contributed by atoms with Gasteiger partial charge in [-0.2, -0.15) is 5.10 Å². The summed E-state index contributed by atoms with van der Waals surface area (Å²) in [4.78, 5) is 19.7. The molecule has 5 rings (SSSR count). The highest BCUT2D eigenvalue weighted by Gasteiger charge is 2.28. The Balaban J connectivity index is 1.19. The minimum absolute atomic E-state index is 0.280. The third-order valence-corrected chi connectivity index (χ3v) is 6.65. The molecule has 4 heterocycles. The van der Waals surface area contributed by atoms with Gasteiger partial charge in [0.1, 0.15) is 0 Å². The maximum absolute atomic E-state index is 12.8. The summed E-state index contributed by atoms with van der Waals surface area (Å²) in [6.07, 6.45) is 9.28. The number of nitrogens with one attached hydrogen (secondary N) is 1. The predicted octanol–water partition coefficient (Wildman–Crippen LogP) is 4.69. The van der Waals surface area contributed by atoms with Crippen molar-refractivity contribution >= 4 is 16.9 Å². The zero-order valence-electron chi connectivity index (χ0n) is 18.4. The Bertz CT molecular complexity index is 1180. The number of fused-ring (bicyclic) bond motifs is 1. The number of hydrogen-bond donors (Lipinski definition) is 1. The Labute approximate surface area is 188 Å². The first kappa shape index (κ1) is 20.5. The van der Waals surface area contributed by atoms with Crippen LogP contribution < -0.4 is 0 Å². The first-order valence-corrected chi connectivity index (χ1v) is 11.5. The Kier molecular flexibility index (Phi) is 5.75. The number of carbonyl (C=O) groups is 1. The van der Waals surface area contributed by atoms with E-state index in [0.717, 1.165) is 54.6 Å². The number of pyridine rings is 1. The lowest BCUT2D eigenvalue weighted by atomic mass is 9.91. The molecule has 0 radical (unpaired) electrons. The molecule has 1 aliphatic heterocycles. The van der Waals surface area contributed by atoms with Gasteiger partial charge in [-0.3, -0.25) is 9.89 Å². The lowest BCUT2D eigenvalue weighted by Crippen LogP contribution is -2.45. The molecule has 0 aliphatic carbocycles. The van der Waals surface area contributed by atoms with Crippen molar-refractivity contribution in [3.63, 3.8) is 0 Å². The van der Waals surface area contributed by atoms with E-state index in [1.54, 1.807) is 6.20 Å². The molecule has 0 saturated carbocycles. The summed E-state index contributed by atoms with van der Waals surface area (Å²) in [5, 5.41) is 6.86. The predicted molar refractivity (Wildman–Crippen MR) is 126 cm³/mol. The SMILES string of the molecule is CC1CC(Cn2ccc3nc(-c4cn[nH]c4)ccc32)CCN1C(=O)CCc1ccccc1. The summed E-state index contributed by atoms with van der Waals surface area (Å²) in [5.41, 5.74) is 5.32. The van der Waals surface area contributed by atoms with Gasteiger partial charge in [-0.05, 0) is 55.9 Å². The molecular weight excluding hydrogens is 398 g/mol. The molecule has 1 amide bonds. The fraction of sp³-hybridized carbons (Fsp3) is 0.346. The molecule has 2 atom stereocenters. The van der Waals surface area contributed by atoms with Crippen molar-refractivity contribution in [2.75, 3.05) is 6.54 Å². The number of nitrogens with zero attached hydrogens (tertiary/aromatic N) is 4. The van der Waals surface area contributed by atoms with E-state index < -0.39 is 0 Å². The number of aromatic nitrogens is 4. The Morgan fingerprint density at radius 1 is 1.16 bits per heavy atom. The van der Waals surface area contributed by atoms with Crippen LogP contribution in [0.25, 0.3) is 22.3 Å². The largest absolute Gasteiger partial charge is 0.346 e. The van der Waals surface area contributed by atoms with Crippen molar-refractivity contribution in [2.45, 2.75) is 45.2 Å². The average Bonchev–Trinajstić information content (AvgIpc) is 3.49. The number of carbonyl (C=O) groups excluding carboxylic acids is 1. The molecule has 1 saturated heterocycles. The minimum atomic E-state index is 0.280. The van der Waals surface area contributed by atoms with Crippen molar-refractivity contribution in [3.8, 4) is 11.3 Å². The second-order valence-corrected chi connectivity index (χ2v) is 8.87. The van der Waals surface area contributed by atoms with Crippen LogP contribution in [-0.2, 0) is 17.8 Å². The fourth-order valence-corrected chi connectivity index (χ4v) is 4.91. The fourth-order valence-electron chi connectivity index (χ4n) is 4.91. The van der Waals surface area contributed by atoms with Crippen molar-refractivity contribution in [1.82, 2.24) is 24.6 Å². The third kappa shape index (κ3) is 4.31. The standard InChI is InChI=1S/C26H29N5O/c1-19-15-21(11-14-31(19)26(32)10-7-20-5-3-2-4-6-20)18-30-13-12-24-25(30)9-8-23(29-24)22-16-27-28-17-22/h2-6,8-9,12-13,16-17,19,21H,7,10-11,14-15,18H2,1H3,(H,27,28). The van der Waals surface area contributed by atoms with Crippen LogP contribution in [-0.4, -0.2) is 43.1 Å². The topological polar surface area (TPSA) is 66.8 Å². The van der Waals surface area contributed by atoms with Gasteiger partial charge in [0.25, 0.3) is 0 Å². The van der Waals surface area contributed by atoms with Gasteiger partial charge in [-0.15, -0.1) is 0 Å². The molecule has 0 bridgehead atoms. The van der Waals surface area contributed by atoms with Crippen molar-refractivity contribution in [2.24, 2.45) is 5.92 Å². The number of rotatable bonds is 6. The molecular formula is C26H29N5O. The summed E-state index contributed by atoms with van der Waals surface area (Å²) in [6, 6.07) is 16.8. The number of aromatic amines is 1. The minimum Gasteiger partial charge on any atom is -0.346 e. The molecule has 164 valence electrons. The van der Waals surface area contributed by atoms with Gasteiger partial charge < -0.3 is 9.47 Å². The van der Waals surface area contributed by atoms with Gasteiger partial charge in [-0.1, -0.05) is 30.3 Å². The Hall–Kier alpha value is -3.41. The summed E-state index contributed by atoms with van der Waals surface area (Å²) >= 11 is 0. The molecule has 1 aromatic carbocycles. The highest BCUT2D eigenvalue weighted by atomic mass is 16.2. The molecule has 4 aromatic rings. The van der Waals surface area contributed by atoms with E-state index in [1.807, 2.05) is 24.4 Å². The summed E-state index contributed by atoms with van der Waals surface area (Å²) in [7, 11) is 0. The second-order valence-electron chi connectivity index (χ2n) is 8.87. The summed E-state index contributed by atoms with van der Waals surface area (Å²) in [5.74, 6) is 0.842. The van der Waals surface area contributed by atoms with Crippen LogP contribution in [0.4, 0.5) is 0 Å².